The van der Waals surface area contributed by atoms with Gasteiger partial charge in [0.05, 0.1) is 0 Å². The minimum atomic E-state index is 0.653. The van der Waals surface area contributed by atoms with E-state index in [0.717, 1.165) is 27.8 Å². The molecule has 0 radical (unpaired) electrons. The smallest absolute Gasteiger partial charge is 0.164 e. The maximum Gasteiger partial charge on any atom is 0.164 e. The summed E-state index contributed by atoms with van der Waals surface area (Å²) in [5.74, 6) is 1.97. The molecule has 50 heavy (non-hydrogen) atoms. The van der Waals surface area contributed by atoms with Crippen molar-refractivity contribution in [1.29, 1.82) is 0 Å². The number of thiophene rings is 1. The number of aromatic nitrogens is 3. The molecule has 0 fully saturated rings. The average Bonchev–Trinajstić information content (AvgIpc) is 3.57. The van der Waals surface area contributed by atoms with Crippen LogP contribution < -0.4 is 0 Å². The first-order valence-corrected chi connectivity index (χ1v) is 17.6. The van der Waals surface area contributed by atoms with Gasteiger partial charge in [-0.3, -0.25) is 0 Å². The lowest BCUT2D eigenvalue weighted by atomic mass is 9.94. The zero-order chi connectivity index (χ0) is 33.4. The topological polar surface area (TPSA) is 38.7 Å². The molecule has 0 saturated carbocycles. The van der Waals surface area contributed by atoms with Crippen LogP contribution in [-0.4, -0.2) is 15.0 Å². The van der Waals surface area contributed by atoms with Crippen molar-refractivity contribution >= 4 is 31.5 Å². The molecule has 4 heteroatoms. The number of hydrogen-bond donors (Lipinski definition) is 0. The Morgan fingerprint density at radius 2 is 0.900 bits per heavy atom. The largest absolute Gasteiger partial charge is 0.208 e. The van der Waals surface area contributed by atoms with Gasteiger partial charge in [-0.25, -0.2) is 15.0 Å². The van der Waals surface area contributed by atoms with Crippen LogP contribution >= 0.6 is 11.3 Å². The lowest BCUT2D eigenvalue weighted by molar-refractivity contribution is 1.07. The van der Waals surface area contributed by atoms with Crippen molar-refractivity contribution in [2.24, 2.45) is 0 Å². The predicted octanol–water partition coefficient (Wildman–Crippen LogP) is 12.5. The fourth-order valence-corrected chi connectivity index (χ4v) is 7.98. The first-order valence-electron chi connectivity index (χ1n) is 16.8. The second kappa shape index (κ2) is 12.7. The Morgan fingerprint density at radius 3 is 1.56 bits per heavy atom. The minimum absolute atomic E-state index is 0.653. The fraction of sp³-hybridized carbons (Fsp3) is 0.0217. The Morgan fingerprint density at radius 1 is 0.360 bits per heavy atom. The Balaban J connectivity index is 1.13. The second-order valence-corrected chi connectivity index (χ2v) is 13.6. The summed E-state index contributed by atoms with van der Waals surface area (Å²) in [5, 5.41) is 2.59. The molecule has 0 unspecified atom stereocenters. The lowest BCUT2D eigenvalue weighted by Gasteiger charge is -2.12. The molecule has 0 aliphatic carbocycles. The van der Waals surface area contributed by atoms with Gasteiger partial charge in [-0.1, -0.05) is 152 Å². The highest BCUT2D eigenvalue weighted by molar-refractivity contribution is 7.26. The third-order valence-corrected chi connectivity index (χ3v) is 10.5. The molecule has 9 aromatic rings. The minimum Gasteiger partial charge on any atom is -0.208 e. The SMILES string of the molecule is Cc1ccc(-c2nc(-c3ccccc3)nc(-c3ccccc3)n2)cc1-c1cccc(-c2cccc3c2sc2cc(-c4ccccc4)ccc23)c1. The van der Waals surface area contributed by atoms with Crippen molar-refractivity contribution in [2.45, 2.75) is 6.92 Å². The quantitative estimate of drug-likeness (QED) is 0.179. The van der Waals surface area contributed by atoms with E-state index in [4.69, 9.17) is 15.0 Å². The zero-order valence-corrected chi connectivity index (χ0v) is 28.2. The van der Waals surface area contributed by atoms with Gasteiger partial charge in [0.25, 0.3) is 0 Å². The second-order valence-electron chi connectivity index (χ2n) is 12.5. The molecule has 0 spiro atoms. The average molecular weight is 658 g/mol. The van der Waals surface area contributed by atoms with Crippen molar-refractivity contribution < 1.29 is 0 Å². The van der Waals surface area contributed by atoms with Gasteiger partial charge in [-0.05, 0) is 64.1 Å². The molecule has 9 rings (SSSR count). The molecule has 2 heterocycles. The summed E-state index contributed by atoms with van der Waals surface area (Å²) in [6, 6.07) is 59.8. The van der Waals surface area contributed by atoms with Crippen LogP contribution in [0.15, 0.2) is 170 Å². The van der Waals surface area contributed by atoms with Crippen molar-refractivity contribution in [1.82, 2.24) is 15.0 Å². The normalized spacial score (nSPS) is 11.3. The molecule has 7 aromatic carbocycles. The molecular weight excluding hydrogens is 627 g/mol. The van der Waals surface area contributed by atoms with Crippen LogP contribution in [0.2, 0.25) is 0 Å². The summed E-state index contributed by atoms with van der Waals surface area (Å²) in [7, 11) is 0. The van der Waals surface area contributed by atoms with E-state index < -0.39 is 0 Å². The van der Waals surface area contributed by atoms with E-state index in [-0.39, 0.29) is 0 Å². The van der Waals surface area contributed by atoms with Crippen molar-refractivity contribution in [2.75, 3.05) is 0 Å². The Kier molecular flexibility index (Phi) is 7.57. The standard InChI is InChI=1S/C46H31N3S/c1-30-23-24-37(46-48-44(32-15-7-3-8-16-32)47-45(49-46)33-17-9-4-10-18-33)28-41(30)36-20-11-19-35(27-36)38-21-12-22-40-39-26-25-34(29-42(39)50-43(38)40)31-13-5-2-6-14-31/h2-29H,1H3. The summed E-state index contributed by atoms with van der Waals surface area (Å²) < 4.78 is 2.61. The summed E-state index contributed by atoms with van der Waals surface area (Å²) in [6.45, 7) is 2.17. The van der Waals surface area contributed by atoms with E-state index >= 15 is 0 Å². The van der Waals surface area contributed by atoms with Crippen LogP contribution in [-0.2, 0) is 0 Å². The molecule has 0 amide bonds. The first kappa shape index (κ1) is 29.9. The maximum atomic E-state index is 4.99. The molecule has 0 bridgehead atoms. The fourth-order valence-electron chi connectivity index (χ4n) is 6.70. The van der Waals surface area contributed by atoms with E-state index in [1.807, 2.05) is 72.0 Å². The van der Waals surface area contributed by atoms with E-state index in [0.29, 0.717) is 17.5 Å². The Hall–Kier alpha value is -6.23. The number of rotatable bonds is 6. The molecule has 3 nitrogen and oxygen atoms in total. The predicted molar refractivity (Wildman–Crippen MR) is 210 cm³/mol. The molecule has 0 saturated heterocycles. The van der Waals surface area contributed by atoms with Gasteiger partial charge < -0.3 is 0 Å². The van der Waals surface area contributed by atoms with E-state index in [2.05, 4.69) is 116 Å². The van der Waals surface area contributed by atoms with Gasteiger partial charge in [0.15, 0.2) is 17.5 Å². The highest BCUT2D eigenvalue weighted by Crippen LogP contribution is 2.42. The number of aryl methyl sites for hydroxylation is 1. The highest BCUT2D eigenvalue weighted by atomic mass is 32.1. The van der Waals surface area contributed by atoms with Crippen LogP contribution in [0.3, 0.4) is 0 Å². The highest BCUT2D eigenvalue weighted by Gasteiger charge is 2.16. The summed E-state index contributed by atoms with van der Waals surface area (Å²) in [5.41, 5.74) is 11.3. The third-order valence-electron chi connectivity index (χ3n) is 9.29. The molecule has 236 valence electrons. The van der Waals surface area contributed by atoms with Crippen LogP contribution in [0, 0.1) is 6.92 Å². The van der Waals surface area contributed by atoms with E-state index in [9.17, 15) is 0 Å². The van der Waals surface area contributed by atoms with Crippen molar-refractivity contribution in [3.63, 3.8) is 0 Å². The third kappa shape index (κ3) is 5.56. The lowest BCUT2D eigenvalue weighted by Crippen LogP contribution is -2.00. The summed E-state index contributed by atoms with van der Waals surface area (Å²) in [4.78, 5) is 14.9. The van der Waals surface area contributed by atoms with E-state index in [1.54, 1.807) is 0 Å². The molecule has 0 aliphatic rings. The summed E-state index contributed by atoms with van der Waals surface area (Å²) in [6.07, 6.45) is 0. The molecule has 2 aromatic heterocycles. The number of fused-ring (bicyclic) bond motifs is 3. The number of nitrogens with zero attached hydrogens (tertiary/aromatic N) is 3. The van der Waals surface area contributed by atoms with Crippen molar-refractivity contribution in [3.05, 3.63) is 175 Å². The van der Waals surface area contributed by atoms with Crippen LogP contribution in [0.5, 0.6) is 0 Å². The van der Waals surface area contributed by atoms with Crippen molar-refractivity contribution in [3.8, 4) is 67.5 Å². The van der Waals surface area contributed by atoms with Gasteiger partial charge in [0.1, 0.15) is 0 Å². The number of hydrogen-bond acceptors (Lipinski definition) is 4. The van der Waals surface area contributed by atoms with Gasteiger partial charge in [-0.15, -0.1) is 11.3 Å². The molecule has 0 aliphatic heterocycles. The molecular formula is C46H31N3S. The Bertz CT molecular complexity index is 2590. The maximum absolute atomic E-state index is 4.99. The monoisotopic (exact) mass is 657 g/mol. The van der Waals surface area contributed by atoms with Crippen LogP contribution in [0.4, 0.5) is 0 Å². The van der Waals surface area contributed by atoms with E-state index in [1.165, 1.54) is 48.0 Å². The first-order chi connectivity index (χ1) is 24.7. The number of benzene rings is 7. The Labute approximate surface area is 295 Å². The molecule has 0 N–H and O–H groups in total. The summed E-state index contributed by atoms with van der Waals surface area (Å²) >= 11 is 1.87. The molecule has 0 atom stereocenters. The zero-order valence-electron chi connectivity index (χ0n) is 27.4. The van der Waals surface area contributed by atoms with Gasteiger partial charge in [0, 0.05) is 36.9 Å². The van der Waals surface area contributed by atoms with Gasteiger partial charge >= 0.3 is 0 Å². The van der Waals surface area contributed by atoms with Gasteiger partial charge in [0.2, 0.25) is 0 Å². The van der Waals surface area contributed by atoms with Crippen LogP contribution in [0.1, 0.15) is 5.56 Å². The van der Waals surface area contributed by atoms with Gasteiger partial charge in [-0.2, -0.15) is 0 Å². The van der Waals surface area contributed by atoms with Crippen LogP contribution in [0.25, 0.3) is 87.7 Å².